The number of rotatable bonds is 6. The van der Waals surface area contributed by atoms with Gasteiger partial charge in [-0.2, -0.15) is 0 Å². The number of Topliss-reactive ketones (excluding diaryl/α,β-unsaturated/α-hetero) is 1. The summed E-state index contributed by atoms with van der Waals surface area (Å²) in [5.41, 5.74) is 2.80. The molecule has 2 aromatic carbocycles. The summed E-state index contributed by atoms with van der Waals surface area (Å²) in [6, 6.07) is 17.3. The van der Waals surface area contributed by atoms with Gasteiger partial charge in [0.15, 0.2) is 10.9 Å². The fourth-order valence-corrected chi connectivity index (χ4v) is 3.26. The molecule has 0 unspecified atom stereocenters. The van der Waals surface area contributed by atoms with E-state index >= 15 is 0 Å². The molecule has 0 saturated heterocycles. The van der Waals surface area contributed by atoms with E-state index in [1.807, 2.05) is 60.3 Å². The average Bonchev–Trinajstić information content (AvgIpc) is 3.01. The first kappa shape index (κ1) is 16.3. The number of thioether (sulfide) groups is 1. The largest absolute Gasteiger partial charge is 0.497 e. The van der Waals surface area contributed by atoms with E-state index in [4.69, 9.17) is 4.74 Å². The topological polar surface area (TPSA) is 44.1 Å². The van der Waals surface area contributed by atoms with E-state index in [2.05, 4.69) is 4.98 Å². The van der Waals surface area contributed by atoms with Crippen molar-refractivity contribution < 1.29 is 9.53 Å². The first-order valence-electron chi connectivity index (χ1n) is 7.56. The number of hydrogen-bond acceptors (Lipinski definition) is 4. The number of hydrogen-bond donors (Lipinski definition) is 0. The van der Waals surface area contributed by atoms with Crippen LogP contribution < -0.4 is 4.74 Å². The van der Waals surface area contributed by atoms with Crippen LogP contribution in [0.1, 0.15) is 10.4 Å². The van der Waals surface area contributed by atoms with Crippen LogP contribution >= 0.6 is 11.8 Å². The minimum absolute atomic E-state index is 0.0585. The summed E-state index contributed by atoms with van der Waals surface area (Å²) in [7, 11) is 3.56. The highest BCUT2D eigenvalue weighted by Gasteiger charge is 2.12. The van der Waals surface area contributed by atoms with Crippen LogP contribution in [0.4, 0.5) is 0 Å². The lowest BCUT2D eigenvalue weighted by Crippen LogP contribution is -2.04. The minimum atomic E-state index is 0.0585. The van der Waals surface area contributed by atoms with Crippen LogP contribution in [0, 0.1) is 0 Å². The highest BCUT2D eigenvalue weighted by molar-refractivity contribution is 7.99. The quantitative estimate of drug-likeness (QED) is 0.502. The molecule has 0 spiro atoms. The lowest BCUT2D eigenvalue weighted by atomic mass is 10.1. The third-order valence-corrected chi connectivity index (χ3v) is 4.78. The van der Waals surface area contributed by atoms with Gasteiger partial charge in [0, 0.05) is 12.6 Å². The van der Waals surface area contributed by atoms with Gasteiger partial charge in [0.05, 0.1) is 24.8 Å². The Morgan fingerprint density at radius 3 is 2.71 bits per heavy atom. The number of imidazole rings is 1. The molecule has 4 nitrogen and oxygen atoms in total. The van der Waals surface area contributed by atoms with Gasteiger partial charge < -0.3 is 9.30 Å². The lowest BCUT2D eigenvalue weighted by molar-refractivity contribution is 0.102. The summed E-state index contributed by atoms with van der Waals surface area (Å²) in [4.78, 5) is 16.8. The number of nitrogens with zero attached hydrogens (tertiary/aromatic N) is 2. The molecular formula is C19H18N2O2S. The lowest BCUT2D eigenvalue weighted by Gasteiger charge is -2.06. The summed E-state index contributed by atoms with van der Waals surface area (Å²) < 4.78 is 7.18. The van der Waals surface area contributed by atoms with Crippen LogP contribution in [0.2, 0.25) is 0 Å². The van der Waals surface area contributed by atoms with Crippen molar-refractivity contribution >= 4 is 17.5 Å². The van der Waals surface area contributed by atoms with E-state index < -0.39 is 0 Å². The van der Waals surface area contributed by atoms with Crippen molar-refractivity contribution in [3.05, 3.63) is 66.4 Å². The van der Waals surface area contributed by atoms with Gasteiger partial charge in [0.25, 0.3) is 0 Å². The first-order valence-corrected chi connectivity index (χ1v) is 8.55. The second-order valence-electron chi connectivity index (χ2n) is 5.29. The molecule has 0 aliphatic rings. The molecule has 1 heterocycles. The van der Waals surface area contributed by atoms with Gasteiger partial charge in [-0.1, -0.05) is 54.2 Å². The maximum atomic E-state index is 12.4. The van der Waals surface area contributed by atoms with Crippen molar-refractivity contribution in [3.8, 4) is 17.0 Å². The van der Waals surface area contributed by atoms with Crippen LogP contribution in [0.25, 0.3) is 11.3 Å². The summed E-state index contributed by atoms with van der Waals surface area (Å²) in [6.07, 6.45) is 1.84. The molecule has 0 aliphatic carbocycles. The second kappa shape index (κ2) is 7.36. The van der Waals surface area contributed by atoms with Crippen molar-refractivity contribution in [1.82, 2.24) is 9.55 Å². The molecule has 0 N–H and O–H groups in total. The van der Waals surface area contributed by atoms with Crippen LogP contribution in [0.5, 0.6) is 5.75 Å². The van der Waals surface area contributed by atoms with Crippen molar-refractivity contribution in [1.29, 1.82) is 0 Å². The van der Waals surface area contributed by atoms with Crippen LogP contribution in [-0.2, 0) is 7.05 Å². The molecular weight excluding hydrogens is 320 g/mol. The van der Waals surface area contributed by atoms with Crippen LogP contribution in [-0.4, -0.2) is 28.2 Å². The van der Waals surface area contributed by atoms with Crippen molar-refractivity contribution in [2.24, 2.45) is 7.05 Å². The Kier molecular flexibility index (Phi) is 5.01. The van der Waals surface area contributed by atoms with E-state index in [0.717, 1.165) is 16.4 Å². The Balaban J connectivity index is 1.71. The summed E-state index contributed by atoms with van der Waals surface area (Å²) in [6.45, 7) is 0. The molecule has 3 aromatic rings. The molecule has 0 atom stereocenters. The van der Waals surface area contributed by atoms with Gasteiger partial charge in [-0.3, -0.25) is 4.79 Å². The molecule has 0 saturated carbocycles. The van der Waals surface area contributed by atoms with Crippen LogP contribution in [0.3, 0.4) is 0 Å². The normalized spacial score (nSPS) is 10.6. The number of methoxy groups -OCH3 is 1. The third-order valence-electron chi connectivity index (χ3n) is 3.74. The Bertz CT molecular complexity index is 844. The fourth-order valence-electron chi connectivity index (χ4n) is 2.41. The second-order valence-corrected chi connectivity index (χ2v) is 6.24. The van der Waals surface area contributed by atoms with Crippen molar-refractivity contribution in [2.45, 2.75) is 5.16 Å². The first-order chi connectivity index (χ1) is 11.7. The maximum absolute atomic E-state index is 12.4. The summed E-state index contributed by atoms with van der Waals surface area (Å²) >= 11 is 1.44. The predicted molar refractivity (Wildman–Crippen MR) is 96.7 cm³/mol. The zero-order chi connectivity index (χ0) is 16.9. The monoisotopic (exact) mass is 338 g/mol. The Labute approximate surface area is 145 Å². The summed E-state index contributed by atoms with van der Waals surface area (Å²) in [5, 5.41) is 0.824. The van der Waals surface area contributed by atoms with E-state index in [-0.39, 0.29) is 5.78 Å². The molecule has 0 aliphatic heterocycles. The number of carbonyl (C=O) groups is 1. The Morgan fingerprint density at radius 2 is 1.96 bits per heavy atom. The molecule has 5 heteroatoms. The van der Waals surface area contributed by atoms with Gasteiger partial charge in [-0.25, -0.2) is 4.98 Å². The number of ether oxygens (including phenoxy) is 1. The SMILES string of the molecule is COc1cccc(C(=O)CSc2ncc(-c3ccccc3)n2C)c1. The van der Waals surface area contributed by atoms with Gasteiger partial charge >= 0.3 is 0 Å². The number of benzene rings is 2. The van der Waals surface area contributed by atoms with Gasteiger partial charge in [0.1, 0.15) is 5.75 Å². The highest BCUT2D eigenvalue weighted by Crippen LogP contribution is 2.25. The molecule has 0 amide bonds. The summed E-state index contributed by atoms with van der Waals surface area (Å²) in [5.74, 6) is 1.09. The van der Waals surface area contributed by atoms with E-state index in [1.165, 1.54) is 11.8 Å². The Morgan fingerprint density at radius 1 is 1.17 bits per heavy atom. The van der Waals surface area contributed by atoms with Crippen molar-refractivity contribution in [3.63, 3.8) is 0 Å². The molecule has 3 rings (SSSR count). The fraction of sp³-hybridized carbons (Fsp3) is 0.158. The van der Waals surface area contributed by atoms with Gasteiger partial charge in [-0.15, -0.1) is 0 Å². The van der Waals surface area contributed by atoms with Gasteiger partial charge in [-0.05, 0) is 17.7 Å². The standard InChI is InChI=1S/C19H18N2O2S/c1-21-17(14-7-4-3-5-8-14)12-20-19(21)24-13-18(22)15-9-6-10-16(11-15)23-2/h3-12H,13H2,1-2H3. The minimum Gasteiger partial charge on any atom is -0.497 e. The zero-order valence-corrected chi connectivity index (χ0v) is 14.4. The third kappa shape index (κ3) is 3.51. The highest BCUT2D eigenvalue weighted by atomic mass is 32.2. The molecule has 0 fully saturated rings. The van der Waals surface area contributed by atoms with Crippen LogP contribution in [0.15, 0.2) is 66.0 Å². The van der Waals surface area contributed by atoms with Gasteiger partial charge in [0.2, 0.25) is 0 Å². The number of carbonyl (C=O) groups excluding carboxylic acids is 1. The smallest absolute Gasteiger partial charge is 0.173 e. The molecule has 1 aromatic heterocycles. The average molecular weight is 338 g/mol. The van der Waals surface area contributed by atoms with E-state index in [0.29, 0.717) is 17.1 Å². The number of aromatic nitrogens is 2. The molecule has 122 valence electrons. The molecule has 0 bridgehead atoms. The van der Waals surface area contributed by atoms with Crippen molar-refractivity contribution in [2.75, 3.05) is 12.9 Å². The van der Waals surface area contributed by atoms with E-state index in [9.17, 15) is 4.79 Å². The maximum Gasteiger partial charge on any atom is 0.173 e. The zero-order valence-electron chi connectivity index (χ0n) is 13.6. The molecule has 0 radical (unpaired) electrons. The number of ketones is 1. The Hall–Kier alpha value is -2.53. The molecule has 24 heavy (non-hydrogen) atoms. The predicted octanol–water partition coefficient (Wildman–Crippen LogP) is 4.07. The van der Waals surface area contributed by atoms with E-state index in [1.54, 1.807) is 19.2 Å².